The average molecular weight is 455 g/mol. The predicted octanol–water partition coefficient (Wildman–Crippen LogP) is 6.20. The second kappa shape index (κ2) is 8.67. The molecule has 5 heteroatoms. The zero-order valence-electron chi connectivity index (χ0n) is 14.0. The van der Waals surface area contributed by atoms with Crippen molar-refractivity contribution < 1.29 is 9.53 Å². The highest BCUT2D eigenvalue weighted by atomic mass is 79.9. The van der Waals surface area contributed by atoms with E-state index in [0.717, 1.165) is 26.6 Å². The lowest BCUT2D eigenvalue weighted by molar-refractivity contribution is 0.102. The van der Waals surface area contributed by atoms with Crippen LogP contribution in [0.1, 0.15) is 36.2 Å². The molecule has 2 aromatic rings. The van der Waals surface area contributed by atoms with Gasteiger partial charge in [0.05, 0.1) is 17.9 Å². The molecular weight excluding hydrogens is 434 g/mol. The van der Waals surface area contributed by atoms with Crippen molar-refractivity contribution in [3.63, 3.8) is 0 Å². The van der Waals surface area contributed by atoms with E-state index in [4.69, 9.17) is 4.74 Å². The lowest BCUT2D eigenvalue weighted by atomic mass is 10.1. The van der Waals surface area contributed by atoms with Crippen molar-refractivity contribution in [1.29, 1.82) is 0 Å². The molecule has 0 aliphatic carbocycles. The second-order valence-corrected chi connectivity index (χ2v) is 7.88. The Labute approximate surface area is 160 Å². The molecular formula is C19H21Br2NO2. The van der Waals surface area contributed by atoms with Crippen molar-refractivity contribution in [3.8, 4) is 5.75 Å². The topological polar surface area (TPSA) is 38.3 Å². The number of halogens is 2. The molecule has 0 atom stereocenters. The minimum Gasteiger partial charge on any atom is -0.493 e. The molecule has 1 N–H and O–H groups in total. The molecule has 24 heavy (non-hydrogen) atoms. The van der Waals surface area contributed by atoms with E-state index in [1.165, 1.54) is 0 Å². The van der Waals surface area contributed by atoms with Gasteiger partial charge in [-0.1, -0.05) is 35.8 Å². The lowest BCUT2D eigenvalue weighted by Gasteiger charge is -2.14. The Morgan fingerprint density at radius 3 is 2.58 bits per heavy atom. The van der Waals surface area contributed by atoms with Crippen molar-refractivity contribution in [2.75, 3.05) is 11.9 Å². The van der Waals surface area contributed by atoms with Gasteiger partial charge in [-0.3, -0.25) is 4.79 Å². The first kappa shape index (κ1) is 19.0. The van der Waals surface area contributed by atoms with E-state index >= 15 is 0 Å². The normalized spacial score (nSPS) is 10.8. The van der Waals surface area contributed by atoms with Gasteiger partial charge in [-0.25, -0.2) is 0 Å². The molecule has 0 spiro atoms. The van der Waals surface area contributed by atoms with E-state index in [0.29, 0.717) is 23.8 Å². The number of aryl methyl sites for hydroxylation is 1. The number of carbonyl (C=O) groups is 1. The Bertz CT molecular complexity index is 729. The van der Waals surface area contributed by atoms with Crippen molar-refractivity contribution in [3.05, 3.63) is 56.5 Å². The molecule has 0 saturated heterocycles. The summed E-state index contributed by atoms with van der Waals surface area (Å²) in [6.45, 7) is 6.89. The van der Waals surface area contributed by atoms with Crippen LogP contribution in [0.25, 0.3) is 0 Å². The van der Waals surface area contributed by atoms with Gasteiger partial charge in [-0.2, -0.15) is 0 Å². The van der Waals surface area contributed by atoms with Crippen LogP contribution < -0.4 is 10.1 Å². The van der Waals surface area contributed by atoms with E-state index in [2.05, 4.69) is 51.0 Å². The summed E-state index contributed by atoms with van der Waals surface area (Å²) in [6, 6.07) is 11.3. The summed E-state index contributed by atoms with van der Waals surface area (Å²) in [6.07, 6.45) is 0.945. The summed E-state index contributed by atoms with van der Waals surface area (Å²) in [4.78, 5) is 12.7. The van der Waals surface area contributed by atoms with Crippen LogP contribution in [0.3, 0.4) is 0 Å². The van der Waals surface area contributed by atoms with Crippen LogP contribution in [0.5, 0.6) is 5.75 Å². The Morgan fingerprint density at radius 2 is 1.92 bits per heavy atom. The Hall–Kier alpha value is -1.33. The van der Waals surface area contributed by atoms with Crippen LogP contribution in [-0.2, 0) is 0 Å². The van der Waals surface area contributed by atoms with Crippen molar-refractivity contribution >= 4 is 43.5 Å². The minimum atomic E-state index is -0.194. The first-order chi connectivity index (χ1) is 11.4. The highest BCUT2D eigenvalue weighted by Crippen LogP contribution is 2.27. The van der Waals surface area contributed by atoms with Gasteiger partial charge in [0.15, 0.2) is 0 Å². The molecule has 1 amide bonds. The third-order valence-corrected chi connectivity index (χ3v) is 4.66. The molecule has 0 fully saturated rings. The van der Waals surface area contributed by atoms with Gasteiger partial charge in [-0.15, -0.1) is 0 Å². The molecule has 0 aliphatic heterocycles. The summed E-state index contributed by atoms with van der Waals surface area (Å²) in [5, 5.41) is 2.93. The highest BCUT2D eigenvalue weighted by molar-refractivity contribution is 9.10. The van der Waals surface area contributed by atoms with Crippen molar-refractivity contribution in [2.24, 2.45) is 5.92 Å². The standard InChI is InChI=1S/C19H21Br2NO2/c1-12(2)8-9-24-18-7-5-14(20)11-15(18)19(23)22-17-6-4-13(3)10-16(17)21/h4-7,10-12H,8-9H2,1-3H3,(H,22,23). The largest absolute Gasteiger partial charge is 0.493 e. The fourth-order valence-electron chi connectivity index (χ4n) is 2.12. The Morgan fingerprint density at radius 1 is 1.17 bits per heavy atom. The highest BCUT2D eigenvalue weighted by Gasteiger charge is 2.15. The van der Waals surface area contributed by atoms with E-state index in [1.807, 2.05) is 37.3 Å². The monoisotopic (exact) mass is 453 g/mol. The predicted molar refractivity (Wildman–Crippen MR) is 106 cm³/mol. The van der Waals surface area contributed by atoms with E-state index in [9.17, 15) is 4.79 Å². The summed E-state index contributed by atoms with van der Waals surface area (Å²) < 4.78 is 7.51. The number of carbonyl (C=O) groups excluding carboxylic acids is 1. The molecule has 0 aliphatic rings. The first-order valence-corrected chi connectivity index (χ1v) is 9.45. The number of hydrogen-bond donors (Lipinski definition) is 1. The van der Waals surface area contributed by atoms with Gasteiger partial charge in [0.2, 0.25) is 0 Å². The van der Waals surface area contributed by atoms with Crippen LogP contribution in [0.15, 0.2) is 45.3 Å². The molecule has 0 radical (unpaired) electrons. The van der Waals surface area contributed by atoms with Crippen LogP contribution in [0, 0.1) is 12.8 Å². The molecule has 2 aromatic carbocycles. The molecule has 0 bridgehead atoms. The Balaban J connectivity index is 2.19. The van der Waals surface area contributed by atoms with Gasteiger partial charge in [0.25, 0.3) is 5.91 Å². The van der Waals surface area contributed by atoms with E-state index < -0.39 is 0 Å². The van der Waals surface area contributed by atoms with Crippen molar-refractivity contribution in [2.45, 2.75) is 27.2 Å². The van der Waals surface area contributed by atoms with Crippen LogP contribution in [0.4, 0.5) is 5.69 Å². The van der Waals surface area contributed by atoms with Gasteiger partial charge < -0.3 is 10.1 Å². The number of nitrogens with one attached hydrogen (secondary N) is 1. The number of anilines is 1. The number of rotatable bonds is 6. The van der Waals surface area contributed by atoms with Gasteiger partial charge >= 0.3 is 0 Å². The summed E-state index contributed by atoms with van der Waals surface area (Å²) in [5.74, 6) is 0.959. The van der Waals surface area contributed by atoms with Gasteiger partial charge in [0, 0.05) is 8.95 Å². The van der Waals surface area contributed by atoms with Crippen molar-refractivity contribution in [1.82, 2.24) is 0 Å². The number of benzene rings is 2. The maximum absolute atomic E-state index is 12.7. The molecule has 0 aromatic heterocycles. The molecule has 2 rings (SSSR count). The number of amides is 1. The summed E-state index contributed by atoms with van der Waals surface area (Å²) in [7, 11) is 0. The van der Waals surface area contributed by atoms with Gasteiger partial charge in [0.1, 0.15) is 5.75 Å². The van der Waals surface area contributed by atoms with Crippen LogP contribution in [-0.4, -0.2) is 12.5 Å². The lowest BCUT2D eigenvalue weighted by Crippen LogP contribution is -2.14. The maximum atomic E-state index is 12.7. The molecule has 3 nitrogen and oxygen atoms in total. The average Bonchev–Trinajstić information content (AvgIpc) is 2.51. The first-order valence-electron chi connectivity index (χ1n) is 7.86. The zero-order valence-corrected chi connectivity index (χ0v) is 17.2. The fraction of sp³-hybridized carbons (Fsp3) is 0.316. The second-order valence-electron chi connectivity index (χ2n) is 6.11. The maximum Gasteiger partial charge on any atom is 0.259 e. The molecule has 128 valence electrons. The molecule has 0 heterocycles. The third-order valence-electron chi connectivity index (χ3n) is 3.51. The quantitative estimate of drug-likeness (QED) is 0.564. The minimum absolute atomic E-state index is 0.194. The van der Waals surface area contributed by atoms with E-state index in [1.54, 1.807) is 6.07 Å². The third kappa shape index (κ3) is 5.35. The van der Waals surface area contributed by atoms with Crippen LogP contribution in [0.2, 0.25) is 0 Å². The fourth-order valence-corrected chi connectivity index (χ4v) is 3.07. The molecule has 0 unspecified atom stereocenters. The SMILES string of the molecule is Cc1ccc(NC(=O)c2cc(Br)ccc2OCCC(C)C)c(Br)c1. The van der Waals surface area contributed by atoms with E-state index in [-0.39, 0.29) is 5.91 Å². The van der Waals surface area contributed by atoms with Crippen LogP contribution >= 0.6 is 31.9 Å². The number of ether oxygens (including phenoxy) is 1. The number of hydrogen-bond acceptors (Lipinski definition) is 2. The molecule has 0 saturated carbocycles. The smallest absolute Gasteiger partial charge is 0.259 e. The zero-order chi connectivity index (χ0) is 17.7. The summed E-state index contributed by atoms with van der Waals surface area (Å²) >= 11 is 6.90. The Kier molecular flexibility index (Phi) is 6.87. The van der Waals surface area contributed by atoms with Gasteiger partial charge in [-0.05, 0) is 71.1 Å². The summed E-state index contributed by atoms with van der Waals surface area (Å²) in [5.41, 5.74) is 2.37.